The number of anilines is 1. The van der Waals surface area contributed by atoms with Crippen molar-refractivity contribution in [2.45, 2.75) is 26.8 Å². The first-order chi connectivity index (χ1) is 13.8. The maximum absolute atomic E-state index is 12.3. The van der Waals surface area contributed by atoms with Crippen molar-refractivity contribution in [1.82, 2.24) is 4.31 Å². The summed E-state index contributed by atoms with van der Waals surface area (Å²) in [6, 6.07) is 11.1. The van der Waals surface area contributed by atoms with Gasteiger partial charge < -0.3 is 14.8 Å². The summed E-state index contributed by atoms with van der Waals surface area (Å²) in [5.41, 5.74) is 3.66. The van der Waals surface area contributed by atoms with Gasteiger partial charge in [0.25, 0.3) is 5.91 Å². The van der Waals surface area contributed by atoms with Crippen LogP contribution in [-0.4, -0.2) is 44.6 Å². The molecule has 2 aromatic rings. The second-order valence-electron chi connectivity index (χ2n) is 6.96. The first-order valence-corrected chi connectivity index (χ1v) is 11.1. The standard InChI is InChI=1S/C21H26N2O5S/c1-4-29(25,26)23-10-9-16-6-7-18(12-17(16)13-23)22-21(24)14-28-19-8-5-15(2)11-20(19)27-3/h5-8,11-12H,4,9-10,13-14H2,1-3H3,(H,22,24). The van der Waals surface area contributed by atoms with E-state index in [9.17, 15) is 13.2 Å². The summed E-state index contributed by atoms with van der Waals surface area (Å²) in [5, 5.41) is 2.81. The highest BCUT2D eigenvalue weighted by atomic mass is 32.2. The smallest absolute Gasteiger partial charge is 0.262 e. The summed E-state index contributed by atoms with van der Waals surface area (Å²) in [5.74, 6) is 0.850. The number of ether oxygens (including phenoxy) is 2. The van der Waals surface area contributed by atoms with Crippen LogP contribution in [-0.2, 0) is 27.8 Å². The number of hydrogen-bond donors (Lipinski definition) is 1. The lowest BCUT2D eigenvalue weighted by molar-refractivity contribution is -0.118. The number of fused-ring (bicyclic) bond motifs is 1. The number of hydrogen-bond acceptors (Lipinski definition) is 5. The number of aryl methyl sites for hydroxylation is 1. The van der Waals surface area contributed by atoms with E-state index >= 15 is 0 Å². The minimum absolute atomic E-state index is 0.0819. The molecule has 0 atom stereocenters. The van der Waals surface area contributed by atoms with Gasteiger partial charge in [0.2, 0.25) is 10.0 Å². The van der Waals surface area contributed by atoms with Crippen molar-refractivity contribution in [2.75, 3.05) is 31.3 Å². The lowest BCUT2D eigenvalue weighted by Gasteiger charge is -2.28. The van der Waals surface area contributed by atoms with E-state index < -0.39 is 10.0 Å². The van der Waals surface area contributed by atoms with Gasteiger partial charge in [0, 0.05) is 18.8 Å². The summed E-state index contributed by atoms with van der Waals surface area (Å²) in [6.07, 6.45) is 0.666. The number of nitrogens with zero attached hydrogens (tertiary/aromatic N) is 1. The van der Waals surface area contributed by atoms with E-state index in [1.165, 1.54) is 4.31 Å². The Bertz CT molecular complexity index is 1000. The van der Waals surface area contributed by atoms with Crippen molar-refractivity contribution in [2.24, 2.45) is 0 Å². The molecule has 0 unspecified atom stereocenters. The third-order valence-electron chi connectivity index (χ3n) is 4.90. The number of rotatable bonds is 7. The molecule has 2 aromatic carbocycles. The van der Waals surface area contributed by atoms with Crippen LogP contribution >= 0.6 is 0 Å². The SMILES string of the molecule is CCS(=O)(=O)N1CCc2ccc(NC(=O)COc3ccc(C)cc3OC)cc2C1. The predicted molar refractivity (Wildman–Crippen MR) is 112 cm³/mol. The second-order valence-corrected chi connectivity index (χ2v) is 9.22. The van der Waals surface area contributed by atoms with Crippen molar-refractivity contribution >= 4 is 21.6 Å². The Labute approximate surface area is 171 Å². The number of benzene rings is 2. The Hall–Kier alpha value is -2.58. The highest BCUT2D eigenvalue weighted by Crippen LogP contribution is 2.28. The highest BCUT2D eigenvalue weighted by molar-refractivity contribution is 7.89. The number of methoxy groups -OCH3 is 1. The average Bonchev–Trinajstić information content (AvgIpc) is 2.72. The monoisotopic (exact) mass is 418 g/mol. The number of nitrogens with one attached hydrogen (secondary N) is 1. The lowest BCUT2D eigenvalue weighted by atomic mass is 10.0. The highest BCUT2D eigenvalue weighted by Gasteiger charge is 2.25. The molecule has 1 N–H and O–H groups in total. The fourth-order valence-electron chi connectivity index (χ4n) is 3.26. The maximum Gasteiger partial charge on any atom is 0.262 e. The molecule has 0 saturated carbocycles. The van der Waals surface area contributed by atoms with Crippen LogP contribution in [0.5, 0.6) is 11.5 Å². The van der Waals surface area contributed by atoms with E-state index in [4.69, 9.17) is 9.47 Å². The van der Waals surface area contributed by atoms with Crippen LogP contribution in [0.3, 0.4) is 0 Å². The quantitative estimate of drug-likeness (QED) is 0.747. The van der Waals surface area contributed by atoms with Crippen molar-refractivity contribution < 1.29 is 22.7 Å². The van der Waals surface area contributed by atoms with Crippen molar-refractivity contribution in [3.8, 4) is 11.5 Å². The molecule has 0 saturated heterocycles. The van der Waals surface area contributed by atoms with E-state index in [0.29, 0.717) is 36.7 Å². The molecule has 0 bridgehead atoms. The van der Waals surface area contributed by atoms with Gasteiger partial charge in [-0.2, -0.15) is 4.31 Å². The molecule has 0 fully saturated rings. The molecule has 7 nitrogen and oxygen atoms in total. The molecule has 3 rings (SSSR count). The molecule has 29 heavy (non-hydrogen) atoms. The van der Waals surface area contributed by atoms with Crippen LogP contribution in [0.2, 0.25) is 0 Å². The Morgan fingerprint density at radius 1 is 1.14 bits per heavy atom. The van der Waals surface area contributed by atoms with Crippen LogP contribution in [0.4, 0.5) is 5.69 Å². The van der Waals surface area contributed by atoms with Crippen LogP contribution in [0.1, 0.15) is 23.6 Å². The molecule has 1 heterocycles. The molecule has 8 heteroatoms. The van der Waals surface area contributed by atoms with Crippen LogP contribution in [0.15, 0.2) is 36.4 Å². The Morgan fingerprint density at radius 2 is 1.93 bits per heavy atom. The molecule has 0 aromatic heterocycles. The zero-order valence-corrected chi connectivity index (χ0v) is 17.7. The minimum atomic E-state index is -3.23. The van der Waals surface area contributed by atoms with E-state index in [1.54, 1.807) is 20.1 Å². The van der Waals surface area contributed by atoms with Crippen molar-refractivity contribution in [1.29, 1.82) is 0 Å². The molecular formula is C21H26N2O5S. The zero-order chi connectivity index (χ0) is 21.0. The van der Waals surface area contributed by atoms with Gasteiger partial charge in [-0.1, -0.05) is 12.1 Å². The van der Waals surface area contributed by atoms with E-state index in [2.05, 4.69) is 5.32 Å². The van der Waals surface area contributed by atoms with Gasteiger partial charge >= 0.3 is 0 Å². The normalized spacial score (nSPS) is 14.2. The number of sulfonamides is 1. The van der Waals surface area contributed by atoms with Crippen molar-refractivity contribution in [3.63, 3.8) is 0 Å². The molecule has 0 radical (unpaired) electrons. The Morgan fingerprint density at radius 3 is 2.66 bits per heavy atom. The van der Waals surface area contributed by atoms with Gasteiger partial charge in [0.15, 0.2) is 18.1 Å². The molecule has 0 spiro atoms. The molecule has 1 aliphatic heterocycles. The molecule has 156 valence electrons. The molecule has 1 amide bonds. The Balaban J connectivity index is 1.64. The number of carbonyl (C=O) groups is 1. The van der Waals surface area contributed by atoms with Crippen molar-refractivity contribution in [3.05, 3.63) is 53.1 Å². The van der Waals surface area contributed by atoms with Gasteiger partial charge in [-0.3, -0.25) is 4.79 Å². The third kappa shape index (κ3) is 5.07. The maximum atomic E-state index is 12.3. The summed E-state index contributed by atoms with van der Waals surface area (Å²) in [4.78, 5) is 12.3. The van der Waals surface area contributed by atoms with Gasteiger partial charge in [-0.15, -0.1) is 0 Å². The van der Waals surface area contributed by atoms with E-state index in [-0.39, 0.29) is 18.3 Å². The molecule has 1 aliphatic rings. The zero-order valence-electron chi connectivity index (χ0n) is 16.9. The first kappa shape index (κ1) is 21.1. The van der Waals surface area contributed by atoms with Gasteiger partial charge in [-0.05, 0) is 61.2 Å². The summed E-state index contributed by atoms with van der Waals surface area (Å²) in [6.45, 7) is 4.24. The van der Waals surface area contributed by atoms with Crippen LogP contribution < -0.4 is 14.8 Å². The fraction of sp³-hybridized carbons (Fsp3) is 0.381. The number of carbonyl (C=O) groups excluding carboxylic acids is 1. The minimum Gasteiger partial charge on any atom is -0.493 e. The van der Waals surface area contributed by atoms with Gasteiger partial charge in [0.1, 0.15) is 0 Å². The first-order valence-electron chi connectivity index (χ1n) is 9.49. The summed E-state index contributed by atoms with van der Waals surface area (Å²) >= 11 is 0. The predicted octanol–water partition coefficient (Wildman–Crippen LogP) is 2.73. The lowest BCUT2D eigenvalue weighted by Crippen LogP contribution is -2.36. The third-order valence-corrected chi connectivity index (χ3v) is 6.73. The summed E-state index contributed by atoms with van der Waals surface area (Å²) < 4.78 is 36.6. The Kier molecular flexibility index (Phi) is 6.44. The summed E-state index contributed by atoms with van der Waals surface area (Å²) in [7, 11) is -1.68. The second kappa shape index (κ2) is 8.84. The number of amides is 1. The van der Waals surface area contributed by atoms with Gasteiger partial charge in [0.05, 0.1) is 12.9 Å². The fourth-order valence-corrected chi connectivity index (χ4v) is 4.33. The average molecular weight is 419 g/mol. The van der Waals surface area contributed by atoms with Crippen LogP contribution in [0, 0.1) is 6.92 Å². The van der Waals surface area contributed by atoms with Crippen LogP contribution in [0.25, 0.3) is 0 Å². The molecule has 0 aliphatic carbocycles. The topological polar surface area (TPSA) is 84.9 Å². The van der Waals surface area contributed by atoms with E-state index in [0.717, 1.165) is 16.7 Å². The van der Waals surface area contributed by atoms with Gasteiger partial charge in [-0.25, -0.2) is 8.42 Å². The molecular weight excluding hydrogens is 392 g/mol. The largest absolute Gasteiger partial charge is 0.493 e. The van der Waals surface area contributed by atoms with E-state index in [1.807, 2.05) is 37.3 Å².